The van der Waals surface area contributed by atoms with Gasteiger partial charge in [0.15, 0.2) is 6.61 Å². The molecule has 0 radical (unpaired) electrons. The Kier molecular flexibility index (Phi) is 4.83. The van der Waals surface area contributed by atoms with E-state index in [4.69, 9.17) is 9.26 Å². The smallest absolute Gasteiger partial charge is 0.344 e. The molecule has 1 amide bonds. The van der Waals surface area contributed by atoms with E-state index < -0.39 is 18.5 Å². The highest BCUT2D eigenvalue weighted by atomic mass is 16.5. The number of amides is 1. The molecule has 3 rings (SSSR count). The predicted octanol–water partition coefficient (Wildman–Crippen LogP) is 2.58. The summed E-state index contributed by atoms with van der Waals surface area (Å²) in [5.74, 6) is -0.274. The first-order valence-electron chi connectivity index (χ1n) is 7.97. The van der Waals surface area contributed by atoms with Crippen molar-refractivity contribution in [1.29, 1.82) is 0 Å². The lowest BCUT2D eigenvalue weighted by Crippen LogP contribution is -2.22. The van der Waals surface area contributed by atoms with Crippen LogP contribution in [0.3, 0.4) is 0 Å². The number of para-hydroxylation sites is 1. The van der Waals surface area contributed by atoms with Gasteiger partial charge in [0.1, 0.15) is 17.1 Å². The fraction of sp³-hybridized carbons (Fsp3) is 0.222. The number of aryl methyl sites for hydroxylation is 3. The number of hydrogen-bond donors (Lipinski definition) is 1. The number of carbonyl (C=O) groups is 2. The number of ether oxygens (including phenoxy) is 1. The van der Waals surface area contributed by atoms with Crippen molar-refractivity contribution in [1.82, 2.24) is 14.9 Å². The molecule has 2 aromatic heterocycles. The molecule has 26 heavy (non-hydrogen) atoms. The molecule has 0 spiro atoms. The summed E-state index contributed by atoms with van der Waals surface area (Å²) in [6.07, 6.45) is 0. The van der Waals surface area contributed by atoms with Crippen LogP contribution in [-0.2, 0) is 9.53 Å². The van der Waals surface area contributed by atoms with Gasteiger partial charge in [-0.25, -0.2) is 9.48 Å². The normalized spacial score (nSPS) is 10.6. The summed E-state index contributed by atoms with van der Waals surface area (Å²) in [6.45, 7) is 4.64. The third kappa shape index (κ3) is 3.64. The van der Waals surface area contributed by atoms with Gasteiger partial charge in [0, 0.05) is 6.07 Å². The van der Waals surface area contributed by atoms with E-state index in [-0.39, 0.29) is 5.56 Å². The minimum Gasteiger partial charge on any atom is -0.452 e. The van der Waals surface area contributed by atoms with Gasteiger partial charge in [0.2, 0.25) is 0 Å². The predicted molar refractivity (Wildman–Crippen MR) is 93.2 cm³/mol. The van der Waals surface area contributed by atoms with Crippen molar-refractivity contribution in [2.45, 2.75) is 20.8 Å². The average molecular weight is 354 g/mol. The monoisotopic (exact) mass is 354 g/mol. The van der Waals surface area contributed by atoms with E-state index in [1.807, 2.05) is 37.3 Å². The van der Waals surface area contributed by atoms with Crippen LogP contribution < -0.4 is 5.32 Å². The van der Waals surface area contributed by atoms with Crippen LogP contribution in [0.15, 0.2) is 40.9 Å². The molecule has 1 aromatic carbocycles. The Morgan fingerprint density at radius 1 is 1.19 bits per heavy atom. The van der Waals surface area contributed by atoms with E-state index in [0.29, 0.717) is 17.3 Å². The highest BCUT2D eigenvalue weighted by molar-refractivity contribution is 5.96. The van der Waals surface area contributed by atoms with Crippen molar-refractivity contribution in [2.75, 3.05) is 11.9 Å². The van der Waals surface area contributed by atoms with Gasteiger partial charge in [-0.1, -0.05) is 23.4 Å². The van der Waals surface area contributed by atoms with Crippen LogP contribution in [0, 0.1) is 20.8 Å². The second-order valence-electron chi connectivity index (χ2n) is 5.74. The average Bonchev–Trinajstić information content (AvgIpc) is 3.15. The van der Waals surface area contributed by atoms with E-state index in [2.05, 4.69) is 15.6 Å². The standard InChI is InChI=1S/C18H18N4O4/c1-11-9-15(22(20-11)14-7-5-4-6-8-14)19-16(23)10-25-18(24)17-12(2)21-26-13(17)3/h4-9H,10H2,1-3H3,(H,19,23). The number of esters is 1. The van der Waals surface area contributed by atoms with Crippen LogP contribution in [0.2, 0.25) is 0 Å². The Labute approximate surface area is 149 Å². The van der Waals surface area contributed by atoms with Gasteiger partial charge in [-0.2, -0.15) is 5.10 Å². The van der Waals surface area contributed by atoms with Gasteiger partial charge in [-0.05, 0) is 32.9 Å². The number of nitrogens with one attached hydrogen (secondary N) is 1. The molecule has 0 atom stereocenters. The van der Waals surface area contributed by atoms with Crippen LogP contribution in [-0.4, -0.2) is 33.4 Å². The third-order valence-electron chi connectivity index (χ3n) is 3.67. The lowest BCUT2D eigenvalue weighted by atomic mass is 10.2. The third-order valence-corrected chi connectivity index (χ3v) is 3.67. The molecule has 0 aliphatic carbocycles. The molecule has 0 aliphatic rings. The molecule has 0 saturated heterocycles. The quantitative estimate of drug-likeness (QED) is 0.707. The second-order valence-corrected chi connectivity index (χ2v) is 5.74. The topological polar surface area (TPSA) is 99.2 Å². The van der Waals surface area contributed by atoms with Crippen LogP contribution in [0.5, 0.6) is 0 Å². The summed E-state index contributed by atoms with van der Waals surface area (Å²) >= 11 is 0. The van der Waals surface area contributed by atoms with E-state index in [1.165, 1.54) is 0 Å². The molecule has 134 valence electrons. The molecule has 8 nitrogen and oxygen atoms in total. The van der Waals surface area contributed by atoms with Crippen LogP contribution in [0.1, 0.15) is 27.5 Å². The second kappa shape index (κ2) is 7.22. The lowest BCUT2D eigenvalue weighted by molar-refractivity contribution is -0.119. The number of carbonyl (C=O) groups excluding carboxylic acids is 2. The fourth-order valence-corrected chi connectivity index (χ4v) is 2.51. The molecule has 3 aromatic rings. The summed E-state index contributed by atoms with van der Waals surface area (Å²) < 4.78 is 11.6. The summed E-state index contributed by atoms with van der Waals surface area (Å²) in [7, 11) is 0. The largest absolute Gasteiger partial charge is 0.452 e. The zero-order valence-corrected chi connectivity index (χ0v) is 14.6. The van der Waals surface area contributed by atoms with E-state index >= 15 is 0 Å². The zero-order valence-electron chi connectivity index (χ0n) is 14.6. The van der Waals surface area contributed by atoms with Crippen LogP contribution in [0.4, 0.5) is 5.82 Å². The molecule has 0 bridgehead atoms. The molecular weight excluding hydrogens is 336 g/mol. The molecule has 1 N–H and O–H groups in total. The Balaban J connectivity index is 1.67. The molecule has 0 saturated carbocycles. The van der Waals surface area contributed by atoms with Crippen molar-refractivity contribution in [2.24, 2.45) is 0 Å². The molecule has 8 heteroatoms. The van der Waals surface area contributed by atoms with Crippen LogP contribution >= 0.6 is 0 Å². The minimum absolute atomic E-state index is 0.239. The van der Waals surface area contributed by atoms with E-state index in [1.54, 1.807) is 24.6 Å². The van der Waals surface area contributed by atoms with Crippen molar-refractivity contribution in [3.8, 4) is 5.69 Å². The minimum atomic E-state index is -0.649. The Hall–Kier alpha value is -3.42. The van der Waals surface area contributed by atoms with Crippen LogP contribution in [0.25, 0.3) is 5.69 Å². The first-order valence-corrected chi connectivity index (χ1v) is 7.97. The lowest BCUT2D eigenvalue weighted by Gasteiger charge is -2.09. The van der Waals surface area contributed by atoms with Crippen molar-refractivity contribution < 1.29 is 18.8 Å². The first-order chi connectivity index (χ1) is 12.5. The van der Waals surface area contributed by atoms with Crippen molar-refractivity contribution >= 4 is 17.7 Å². The summed E-state index contributed by atoms with van der Waals surface area (Å²) in [4.78, 5) is 24.3. The number of hydrogen-bond acceptors (Lipinski definition) is 6. The number of aromatic nitrogens is 3. The molecule has 0 unspecified atom stereocenters. The summed E-state index contributed by atoms with van der Waals surface area (Å²) in [6, 6.07) is 11.1. The molecular formula is C18H18N4O4. The fourth-order valence-electron chi connectivity index (χ4n) is 2.51. The Bertz CT molecular complexity index is 924. The van der Waals surface area contributed by atoms with Gasteiger partial charge in [-0.3, -0.25) is 4.79 Å². The van der Waals surface area contributed by atoms with Crippen molar-refractivity contribution in [3.05, 3.63) is 59.1 Å². The summed E-state index contributed by atoms with van der Waals surface area (Å²) in [5, 5.41) is 10.8. The maximum Gasteiger partial charge on any atom is 0.344 e. The first kappa shape index (κ1) is 17.4. The maximum atomic E-state index is 12.2. The highest BCUT2D eigenvalue weighted by Gasteiger charge is 2.20. The summed E-state index contributed by atoms with van der Waals surface area (Å²) in [5.41, 5.74) is 2.22. The van der Waals surface area contributed by atoms with Gasteiger partial charge in [0.05, 0.1) is 17.1 Å². The molecule has 0 aliphatic heterocycles. The zero-order chi connectivity index (χ0) is 18.7. The SMILES string of the molecule is Cc1cc(NC(=O)COC(=O)c2c(C)noc2C)n(-c2ccccc2)n1. The van der Waals surface area contributed by atoms with Gasteiger partial charge < -0.3 is 14.6 Å². The number of anilines is 1. The molecule has 2 heterocycles. The van der Waals surface area contributed by atoms with Gasteiger partial charge in [-0.15, -0.1) is 0 Å². The number of rotatable bonds is 5. The van der Waals surface area contributed by atoms with E-state index in [9.17, 15) is 9.59 Å². The Morgan fingerprint density at radius 3 is 2.58 bits per heavy atom. The maximum absolute atomic E-state index is 12.2. The van der Waals surface area contributed by atoms with Crippen molar-refractivity contribution in [3.63, 3.8) is 0 Å². The van der Waals surface area contributed by atoms with E-state index in [0.717, 1.165) is 11.4 Å². The number of nitrogens with zero attached hydrogens (tertiary/aromatic N) is 3. The van der Waals surface area contributed by atoms with Gasteiger partial charge >= 0.3 is 5.97 Å². The molecule has 0 fully saturated rings. The highest BCUT2D eigenvalue weighted by Crippen LogP contribution is 2.17. The van der Waals surface area contributed by atoms with Gasteiger partial charge in [0.25, 0.3) is 5.91 Å². The number of benzene rings is 1. The Morgan fingerprint density at radius 2 is 1.92 bits per heavy atom.